The lowest BCUT2D eigenvalue weighted by atomic mass is 10.1. The van der Waals surface area contributed by atoms with Crippen LogP contribution in [-0.2, 0) is 4.74 Å². The van der Waals surface area contributed by atoms with Gasteiger partial charge in [-0.2, -0.15) is 5.26 Å². The summed E-state index contributed by atoms with van der Waals surface area (Å²) in [5.74, 6) is 0.0332. The molecule has 0 saturated carbocycles. The fraction of sp³-hybridized carbons (Fsp3) is 0.467. The van der Waals surface area contributed by atoms with E-state index in [2.05, 4.69) is 19.9 Å². The van der Waals surface area contributed by atoms with Crippen molar-refractivity contribution < 1.29 is 9.53 Å². The molecule has 0 unspecified atom stereocenters. The number of hydrogen-bond donors (Lipinski definition) is 1. The van der Waals surface area contributed by atoms with Gasteiger partial charge in [-0.25, -0.2) is 4.79 Å². The third-order valence-corrected chi connectivity index (χ3v) is 2.87. The van der Waals surface area contributed by atoms with Gasteiger partial charge in [0.25, 0.3) is 0 Å². The van der Waals surface area contributed by atoms with Crippen molar-refractivity contribution in [1.29, 1.82) is 5.26 Å². The van der Waals surface area contributed by atoms with Crippen molar-refractivity contribution in [3.63, 3.8) is 0 Å². The van der Waals surface area contributed by atoms with Gasteiger partial charge in [0.2, 0.25) is 0 Å². The van der Waals surface area contributed by atoms with Gasteiger partial charge in [0.05, 0.1) is 36.5 Å². The Morgan fingerprint density at radius 2 is 2.20 bits per heavy atom. The molecule has 0 fully saturated rings. The highest BCUT2D eigenvalue weighted by Crippen LogP contribution is 2.26. The molecular weight excluding hydrogens is 254 g/mol. The first-order valence-corrected chi connectivity index (χ1v) is 6.59. The van der Waals surface area contributed by atoms with E-state index in [1.54, 1.807) is 18.2 Å². The number of nitrogen functional groups attached to an aromatic ring is 1. The molecule has 0 amide bonds. The van der Waals surface area contributed by atoms with Crippen molar-refractivity contribution in [1.82, 2.24) is 0 Å². The molecule has 1 aromatic rings. The van der Waals surface area contributed by atoms with Crippen molar-refractivity contribution in [2.45, 2.75) is 20.3 Å². The Balaban J connectivity index is 3.10. The van der Waals surface area contributed by atoms with Crippen LogP contribution in [-0.4, -0.2) is 26.2 Å². The maximum atomic E-state index is 11.6. The molecule has 2 N–H and O–H groups in total. The minimum Gasteiger partial charge on any atom is -0.465 e. The number of nitrogens with zero attached hydrogens (tertiary/aromatic N) is 2. The molecule has 0 bridgehead atoms. The van der Waals surface area contributed by atoms with Gasteiger partial charge >= 0.3 is 5.97 Å². The number of rotatable bonds is 6. The van der Waals surface area contributed by atoms with E-state index in [-0.39, 0.29) is 0 Å². The fourth-order valence-corrected chi connectivity index (χ4v) is 2.00. The lowest BCUT2D eigenvalue weighted by Gasteiger charge is -2.27. The minimum atomic E-state index is -0.393. The Labute approximate surface area is 119 Å². The second kappa shape index (κ2) is 7.39. The summed E-state index contributed by atoms with van der Waals surface area (Å²) in [5, 5.41) is 8.76. The quantitative estimate of drug-likeness (QED) is 0.637. The highest BCUT2D eigenvalue weighted by atomic mass is 16.5. The predicted octanol–water partition coefficient (Wildman–Crippen LogP) is 2.43. The molecule has 0 radical (unpaired) electrons. The van der Waals surface area contributed by atoms with Crippen molar-refractivity contribution in [2.75, 3.05) is 30.8 Å². The van der Waals surface area contributed by atoms with Gasteiger partial charge in [-0.1, -0.05) is 13.8 Å². The average Bonchev–Trinajstić information content (AvgIpc) is 2.43. The van der Waals surface area contributed by atoms with Gasteiger partial charge < -0.3 is 15.4 Å². The van der Waals surface area contributed by atoms with Crippen LogP contribution in [0.15, 0.2) is 18.2 Å². The molecule has 0 aliphatic carbocycles. The van der Waals surface area contributed by atoms with E-state index < -0.39 is 5.97 Å². The van der Waals surface area contributed by atoms with Gasteiger partial charge in [-0.05, 0) is 24.1 Å². The standard InChI is InChI=1S/C15H21N3O2/c1-11(2)10-18(8-4-7-16)14-9-12(15(19)20-3)5-6-13(14)17/h5-6,9,11H,4,8,10,17H2,1-3H3. The Hall–Kier alpha value is -2.22. The van der Waals surface area contributed by atoms with Crippen LogP contribution < -0.4 is 10.6 Å². The van der Waals surface area contributed by atoms with Gasteiger partial charge in [0.1, 0.15) is 0 Å². The second-order valence-electron chi connectivity index (χ2n) is 5.01. The number of benzene rings is 1. The number of esters is 1. The van der Waals surface area contributed by atoms with Crippen LogP contribution in [0, 0.1) is 17.2 Å². The summed E-state index contributed by atoms with van der Waals surface area (Å²) in [6.45, 7) is 5.56. The summed E-state index contributed by atoms with van der Waals surface area (Å²) in [7, 11) is 1.35. The molecule has 0 atom stereocenters. The molecule has 5 nitrogen and oxygen atoms in total. The van der Waals surface area contributed by atoms with E-state index >= 15 is 0 Å². The first kappa shape index (κ1) is 15.8. The van der Waals surface area contributed by atoms with E-state index in [1.807, 2.05) is 4.90 Å². The number of nitrogens with two attached hydrogens (primary N) is 1. The molecule has 108 valence electrons. The van der Waals surface area contributed by atoms with Gasteiger partial charge in [0, 0.05) is 13.1 Å². The lowest BCUT2D eigenvalue weighted by molar-refractivity contribution is 0.0601. The molecule has 0 heterocycles. The number of carbonyl (C=O) groups excluding carboxylic acids is 1. The first-order valence-electron chi connectivity index (χ1n) is 6.59. The highest BCUT2D eigenvalue weighted by Gasteiger charge is 2.15. The highest BCUT2D eigenvalue weighted by molar-refractivity contribution is 5.92. The van der Waals surface area contributed by atoms with Crippen LogP contribution in [0.25, 0.3) is 0 Å². The molecule has 1 rings (SSSR count). The average molecular weight is 275 g/mol. The predicted molar refractivity (Wildman–Crippen MR) is 79.5 cm³/mol. The molecule has 20 heavy (non-hydrogen) atoms. The van der Waals surface area contributed by atoms with E-state index in [0.717, 1.165) is 12.2 Å². The molecule has 0 aliphatic heterocycles. The van der Waals surface area contributed by atoms with Gasteiger partial charge in [-0.15, -0.1) is 0 Å². The fourth-order valence-electron chi connectivity index (χ4n) is 2.00. The molecular formula is C15H21N3O2. The van der Waals surface area contributed by atoms with Crippen LogP contribution in [0.1, 0.15) is 30.6 Å². The van der Waals surface area contributed by atoms with Crippen LogP contribution >= 0.6 is 0 Å². The van der Waals surface area contributed by atoms with Gasteiger partial charge in [0.15, 0.2) is 0 Å². The van der Waals surface area contributed by atoms with Crippen LogP contribution in [0.2, 0.25) is 0 Å². The molecule has 0 spiro atoms. The summed E-state index contributed by atoms with van der Waals surface area (Å²) in [6.07, 6.45) is 0.411. The summed E-state index contributed by atoms with van der Waals surface area (Å²) in [4.78, 5) is 13.6. The number of carbonyl (C=O) groups is 1. The lowest BCUT2D eigenvalue weighted by Crippen LogP contribution is -2.29. The molecule has 1 aromatic carbocycles. The maximum absolute atomic E-state index is 11.6. The number of nitriles is 1. The molecule has 5 heteroatoms. The smallest absolute Gasteiger partial charge is 0.337 e. The van der Waals surface area contributed by atoms with E-state index in [0.29, 0.717) is 30.1 Å². The third kappa shape index (κ3) is 4.16. The summed E-state index contributed by atoms with van der Waals surface area (Å²) >= 11 is 0. The molecule has 0 aromatic heterocycles. The Bertz CT molecular complexity index is 506. The normalized spacial score (nSPS) is 10.2. The van der Waals surface area contributed by atoms with E-state index in [4.69, 9.17) is 15.7 Å². The summed E-state index contributed by atoms with van der Waals surface area (Å²) < 4.78 is 4.72. The number of hydrogen-bond acceptors (Lipinski definition) is 5. The van der Waals surface area contributed by atoms with Crippen LogP contribution in [0.3, 0.4) is 0 Å². The van der Waals surface area contributed by atoms with Crippen molar-refractivity contribution >= 4 is 17.3 Å². The minimum absolute atomic E-state index is 0.393. The molecule has 0 saturated heterocycles. The topological polar surface area (TPSA) is 79.3 Å². The summed E-state index contributed by atoms with van der Waals surface area (Å²) in [5.41, 5.74) is 7.83. The van der Waals surface area contributed by atoms with Crippen molar-refractivity contribution in [3.05, 3.63) is 23.8 Å². The number of ether oxygens (including phenoxy) is 1. The zero-order chi connectivity index (χ0) is 15.1. The number of anilines is 2. The first-order chi connectivity index (χ1) is 9.49. The van der Waals surface area contributed by atoms with E-state index in [9.17, 15) is 4.79 Å². The van der Waals surface area contributed by atoms with E-state index in [1.165, 1.54) is 7.11 Å². The monoisotopic (exact) mass is 275 g/mol. The largest absolute Gasteiger partial charge is 0.465 e. The van der Waals surface area contributed by atoms with Gasteiger partial charge in [-0.3, -0.25) is 0 Å². The third-order valence-electron chi connectivity index (χ3n) is 2.87. The zero-order valence-corrected chi connectivity index (χ0v) is 12.2. The zero-order valence-electron chi connectivity index (χ0n) is 12.2. The summed E-state index contributed by atoms with van der Waals surface area (Å²) in [6, 6.07) is 7.20. The molecule has 0 aliphatic rings. The Morgan fingerprint density at radius 3 is 2.75 bits per heavy atom. The Morgan fingerprint density at radius 1 is 1.50 bits per heavy atom. The van der Waals surface area contributed by atoms with Crippen molar-refractivity contribution in [3.8, 4) is 6.07 Å². The SMILES string of the molecule is COC(=O)c1ccc(N)c(N(CCC#N)CC(C)C)c1. The van der Waals surface area contributed by atoms with Crippen molar-refractivity contribution in [2.24, 2.45) is 5.92 Å². The Kier molecular flexibility index (Phi) is 5.85. The van der Waals surface area contributed by atoms with Crippen LogP contribution in [0.4, 0.5) is 11.4 Å². The van der Waals surface area contributed by atoms with Crippen LogP contribution in [0.5, 0.6) is 0 Å². The second-order valence-corrected chi connectivity index (χ2v) is 5.01. The maximum Gasteiger partial charge on any atom is 0.337 e. The number of methoxy groups -OCH3 is 1.